The van der Waals surface area contributed by atoms with Crippen LogP contribution < -0.4 is 4.90 Å². The fourth-order valence-electron chi connectivity index (χ4n) is 3.92. The molecule has 2 aliphatic heterocycles. The number of fused-ring (bicyclic) bond motifs is 2. The Hall–Kier alpha value is -3.48. The minimum absolute atomic E-state index is 0.0155. The number of amides is 3. The molecule has 1 atom stereocenters. The molecule has 0 unspecified atom stereocenters. The number of carbonyl (C=O) groups excluding carboxylic acids is 4. The molecule has 0 saturated carbocycles. The number of imide groups is 1. The van der Waals surface area contributed by atoms with Crippen LogP contribution in [0.25, 0.3) is 0 Å². The van der Waals surface area contributed by atoms with E-state index >= 15 is 0 Å². The van der Waals surface area contributed by atoms with Gasteiger partial charge in [0, 0.05) is 25.2 Å². The molecule has 0 radical (unpaired) electrons. The minimum atomic E-state index is -0.900. The Balaban J connectivity index is 1.27. The highest BCUT2D eigenvalue weighted by molar-refractivity contribution is 6.21. The van der Waals surface area contributed by atoms with Crippen LogP contribution in [0.1, 0.15) is 46.0 Å². The molecule has 2 heterocycles. The molecule has 30 heavy (non-hydrogen) atoms. The highest BCUT2D eigenvalue weighted by Crippen LogP contribution is 2.28. The molecular formula is C23H22N2O5. The smallest absolute Gasteiger partial charge is 0.306 e. The Morgan fingerprint density at radius 3 is 2.33 bits per heavy atom. The summed E-state index contributed by atoms with van der Waals surface area (Å²) < 4.78 is 5.30. The molecule has 2 aromatic carbocycles. The number of anilines is 1. The second kappa shape index (κ2) is 8.10. The first-order chi connectivity index (χ1) is 14.5. The van der Waals surface area contributed by atoms with E-state index in [-0.39, 0.29) is 37.1 Å². The lowest BCUT2D eigenvalue weighted by atomic mass is 10.1. The molecule has 4 rings (SSSR count). The summed E-state index contributed by atoms with van der Waals surface area (Å²) >= 11 is 0. The summed E-state index contributed by atoms with van der Waals surface area (Å²) in [6.07, 6.45) is 0.172. The van der Waals surface area contributed by atoms with Crippen LogP contribution in [0.4, 0.5) is 5.69 Å². The van der Waals surface area contributed by atoms with Crippen LogP contribution in [0.3, 0.4) is 0 Å². The van der Waals surface area contributed by atoms with E-state index in [0.29, 0.717) is 17.7 Å². The normalized spacial score (nSPS) is 15.8. The second-order valence-corrected chi connectivity index (χ2v) is 7.41. The Bertz CT molecular complexity index is 997. The highest BCUT2D eigenvalue weighted by Gasteiger charge is 2.35. The number of hydrogen-bond donors (Lipinski definition) is 0. The topological polar surface area (TPSA) is 84.0 Å². The van der Waals surface area contributed by atoms with Crippen molar-refractivity contribution in [1.29, 1.82) is 0 Å². The third kappa shape index (κ3) is 3.58. The van der Waals surface area contributed by atoms with Crippen LogP contribution in [0.5, 0.6) is 0 Å². The average molecular weight is 406 g/mol. The molecule has 0 bridgehead atoms. The van der Waals surface area contributed by atoms with Crippen molar-refractivity contribution >= 4 is 29.4 Å². The first-order valence-electron chi connectivity index (χ1n) is 10.0. The zero-order valence-electron chi connectivity index (χ0n) is 16.7. The van der Waals surface area contributed by atoms with Crippen LogP contribution >= 0.6 is 0 Å². The van der Waals surface area contributed by atoms with Crippen LogP contribution in [-0.2, 0) is 20.7 Å². The largest absolute Gasteiger partial charge is 0.453 e. The van der Waals surface area contributed by atoms with Gasteiger partial charge in [0.05, 0.1) is 11.1 Å². The number of ether oxygens (including phenoxy) is 1. The summed E-state index contributed by atoms with van der Waals surface area (Å²) in [6, 6.07) is 14.3. The maximum Gasteiger partial charge on any atom is 0.306 e. The lowest BCUT2D eigenvalue weighted by Gasteiger charge is -2.22. The Morgan fingerprint density at radius 2 is 1.63 bits per heavy atom. The molecular weight excluding hydrogens is 384 g/mol. The SMILES string of the molecule is C[C@@H](OC(=O)CCCN1C(=O)c2ccccc2C1=O)C(=O)N1CCc2ccccc21. The summed E-state index contributed by atoms with van der Waals surface area (Å²) in [4.78, 5) is 52.3. The van der Waals surface area contributed by atoms with E-state index in [1.165, 1.54) is 0 Å². The number of carbonyl (C=O) groups is 4. The number of para-hydroxylation sites is 1. The van der Waals surface area contributed by atoms with Gasteiger partial charge in [0.2, 0.25) is 0 Å². The summed E-state index contributed by atoms with van der Waals surface area (Å²) in [5, 5.41) is 0. The monoisotopic (exact) mass is 406 g/mol. The van der Waals surface area contributed by atoms with Crippen LogP contribution in [0.2, 0.25) is 0 Å². The standard InChI is InChI=1S/C23H22N2O5/c1-15(21(27)24-14-12-16-7-2-5-10-19(16)24)30-20(26)11-6-13-25-22(28)17-8-3-4-9-18(17)23(25)29/h2-5,7-10,15H,6,11-14H2,1H3/t15-/m1/s1. The molecule has 3 amide bonds. The molecule has 7 nitrogen and oxygen atoms in total. The van der Waals surface area contributed by atoms with Gasteiger partial charge in [-0.05, 0) is 43.5 Å². The van der Waals surface area contributed by atoms with Gasteiger partial charge in [0.15, 0.2) is 6.10 Å². The van der Waals surface area contributed by atoms with Gasteiger partial charge in [-0.1, -0.05) is 30.3 Å². The third-order valence-electron chi connectivity index (χ3n) is 5.45. The van der Waals surface area contributed by atoms with E-state index in [1.54, 1.807) is 36.1 Å². The van der Waals surface area contributed by atoms with Gasteiger partial charge in [-0.3, -0.25) is 24.1 Å². The van der Waals surface area contributed by atoms with Gasteiger partial charge in [-0.25, -0.2) is 0 Å². The van der Waals surface area contributed by atoms with Crippen molar-refractivity contribution in [3.05, 3.63) is 65.2 Å². The average Bonchev–Trinajstić information content (AvgIpc) is 3.28. The number of nitrogens with zero attached hydrogens (tertiary/aromatic N) is 2. The van der Waals surface area contributed by atoms with Crippen molar-refractivity contribution in [3.8, 4) is 0 Å². The molecule has 0 aliphatic carbocycles. The number of rotatable bonds is 6. The predicted molar refractivity (Wildman–Crippen MR) is 109 cm³/mol. The summed E-state index contributed by atoms with van der Waals surface area (Å²) in [5.41, 5.74) is 2.73. The van der Waals surface area contributed by atoms with E-state index in [1.807, 2.05) is 24.3 Å². The number of hydrogen-bond acceptors (Lipinski definition) is 5. The van der Waals surface area contributed by atoms with Gasteiger partial charge >= 0.3 is 5.97 Å². The molecule has 7 heteroatoms. The minimum Gasteiger partial charge on any atom is -0.453 e. The molecule has 154 valence electrons. The van der Waals surface area contributed by atoms with E-state index in [2.05, 4.69) is 0 Å². The summed E-state index contributed by atoms with van der Waals surface area (Å²) in [6.45, 7) is 2.26. The zero-order valence-corrected chi connectivity index (χ0v) is 16.7. The molecule has 0 N–H and O–H groups in total. The van der Waals surface area contributed by atoms with E-state index in [9.17, 15) is 19.2 Å². The Morgan fingerprint density at radius 1 is 1.00 bits per heavy atom. The molecule has 0 fully saturated rings. The van der Waals surface area contributed by atoms with Gasteiger partial charge in [-0.15, -0.1) is 0 Å². The third-order valence-corrected chi connectivity index (χ3v) is 5.45. The lowest BCUT2D eigenvalue weighted by Crippen LogP contribution is -2.39. The first kappa shape index (κ1) is 19.8. The summed E-state index contributed by atoms with van der Waals surface area (Å²) in [7, 11) is 0. The Kier molecular flexibility index (Phi) is 5.35. The van der Waals surface area contributed by atoms with Crippen molar-refractivity contribution in [2.24, 2.45) is 0 Å². The lowest BCUT2D eigenvalue weighted by molar-refractivity contribution is -0.154. The van der Waals surface area contributed by atoms with Crippen molar-refractivity contribution in [2.75, 3.05) is 18.0 Å². The quantitative estimate of drug-likeness (QED) is 0.544. The fraction of sp³-hybridized carbons (Fsp3) is 0.304. The fourth-order valence-corrected chi connectivity index (χ4v) is 3.92. The second-order valence-electron chi connectivity index (χ2n) is 7.41. The molecule has 0 aromatic heterocycles. The summed E-state index contributed by atoms with van der Waals surface area (Å²) in [5.74, 6) is -1.48. The molecule has 0 saturated heterocycles. The van der Waals surface area contributed by atoms with Crippen molar-refractivity contribution in [2.45, 2.75) is 32.3 Å². The maximum absolute atomic E-state index is 12.7. The van der Waals surface area contributed by atoms with Gasteiger partial charge in [0.25, 0.3) is 17.7 Å². The van der Waals surface area contributed by atoms with Crippen LogP contribution in [-0.4, -0.2) is 47.8 Å². The van der Waals surface area contributed by atoms with E-state index < -0.39 is 12.1 Å². The molecule has 2 aliphatic rings. The highest BCUT2D eigenvalue weighted by atomic mass is 16.5. The Labute approximate surface area is 174 Å². The van der Waals surface area contributed by atoms with Gasteiger partial charge in [0.1, 0.15) is 0 Å². The van der Waals surface area contributed by atoms with Gasteiger partial charge in [-0.2, -0.15) is 0 Å². The van der Waals surface area contributed by atoms with Crippen LogP contribution in [0.15, 0.2) is 48.5 Å². The van der Waals surface area contributed by atoms with Crippen LogP contribution in [0, 0.1) is 0 Å². The molecule has 0 spiro atoms. The zero-order chi connectivity index (χ0) is 21.3. The molecule has 2 aromatic rings. The van der Waals surface area contributed by atoms with Crippen molar-refractivity contribution in [3.63, 3.8) is 0 Å². The van der Waals surface area contributed by atoms with Gasteiger partial charge < -0.3 is 9.64 Å². The first-order valence-corrected chi connectivity index (χ1v) is 10.0. The van der Waals surface area contributed by atoms with Crippen molar-refractivity contribution in [1.82, 2.24) is 4.90 Å². The number of esters is 1. The number of benzene rings is 2. The predicted octanol–water partition coefficient (Wildman–Crippen LogP) is 2.58. The van der Waals surface area contributed by atoms with E-state index in [4.69, 9.17) is 4.74 Å². The van der Waals surface area contributed by atoms with Crippen molar-refractivity contribution < 1.29 is 23.9 Å². The maximum atomic E-state index is 12.7. The van der Waals surface area contributed by atoms with E-state index in [0.717, 1.165) is 22.6 Å².